The topological polar surface area (TPSA) is 43.1 Å². The van der Waals surface area contributed by atoms with Crippen LogP contribution in [0.2, 0.25) is 0 Å². The van der Waals surface area contributed by atoms with Crippen LogP contribution in [0.4, 0.5) is 26.3 Å². The van der Waals surface area contributed by atoms with Crippen molar-refractivity contribution in [3.8, 4) is 0 Å². The lowest BCUT2D eigenvalue weighted by Crippen LogP contribution is -2.41. The van der Waals surface area contributed by atoms with Crippen molar-refractivity contribution < 1.29 is 31.1 Å². The first-order valence-electron chi connectivity index (χ1n) is 3.43. The summed E-state index contributed by atoms with van der Waals surface area (Å²) < 4.78 is 70.9. The van der Waals surface area contributed by atoms with Gasteiger partial charge in [0.05, 0.1) is 6.04 Å². The third kappa shape index (κ3) is 3.95. The van der Waals surface area contributed by atoms with E-state index in [1.54, 1.807) is 0 Å². The third-order valence-electron chi connectivity index (χ3n) is 1.47. The number of carbonyl (C=O) groups excluding carboxylic acids is 1. The van der Waals surface area contributed by atoms with Gasteiger partial charge in [0.25, 0.3) is 0 Å². The number of rotatable bonds is 3. The zero-order chi connectivity index (χ0) is 11.6. The maximum atomic E-state index is 11.8. The van der Waals surface area contributed by atoms with Crippen LogP contribution in [0.15, 0.2) is 0 Å². The Kier molecular flexibility index (Phi) is 3.92. The van der Waals surface area contributed by atoms with Crippen LogP contribution in [0.3, 0.4) is 0 Å². The monoisotopic (exact) mass is 223 g/mol. The molecule has 0 aromatic heterocycles. The predicted molar refractivity (Wildman–Crippen MR) is 34.3 cm³/mol. The van der Waals surface area contributed by atoms with E-state index < -0.39 is 30.7 Å². The molecule has 0 aromatic rings. The highest BCUT2D eigenvalue weighted by atomic mass is 19.4. The van der Waals surface area contributed by atoms with Crippen molar-refractivity contribution in [2.45, 2.75) is 24.8 Å². The van der Waals surface area contributed by atoms with Gasteiger partial charge in [0, 0.05) is 0 Å². The van der Waals surface area contributed by atoms with Gasteiger partial charge in [-0.3, -0.25) is 0 Å². The Morgan fingerprint density at radius 1 is 1.07 bits per heavy atom. The molecule has 0 aliphatic carbocycles. The first-order valence-corrected chi connectivity index (χ1v) is 3.43. The molecule has 2 nitrogen and oxygen atoms in total. The zero-order valence-corrected chi connectivity index (χ0v) is 6.69. The molecule has 0 bridgehead atoms. The summed E-state index contributed by atoms with van der Waals surface area (Å²) in [7, 11) is 0. The van der Waals surface area contributed by atoms with Crippen LogP contribution in [-0.2, 0) is 4.79 Å². The summed E-state index contributed by atoms with van der Waals surface area (Å²) in [4.78, 5) is 9.83. The van der Waals surface area contributed by atoms with Crippen LogP contribution in [-0.4, -0.2) is 24.7 Å². The standard InChI is InChI=1S/C6H7F6NO/c7-5(8,9)4(6(10,11)12)1-3(13)2-14/h2-4H,1,13H2. The fourth-order valence-electron chi connectivity index (χ4n) is 0.781. The first kappa shape index (κ1) is 13.2. The number of carbonyl (C=O) groups is 1. The Morgan fingerprint density at radius 2 is 1.43 bits per heavy atom. The number of hydrogen-bond donors (Lipinski definition) is 1. The molecule has 0 aromatic carbocycles. The second-order valence-electron chi connectivity index (χ2n) is 2.67. The minimum Gasteiger partial charge on any atom is -0.322 e. The van der Waals surface area contributed by atoms with E-state index in [-0.39, 0.29) is 6.29 Å². The van der Waals surface area contributed by atoms with Gasteiger partial charge in [0.15, 0.2) is 5.92 Å². The average Bonchev–Trinajstić information content (AvgIpc) is 1.95. The first-order chi connectivity index (χ1) is 6.09. The zero-order valence-electron chi connectivity index (χ0n) is 6.69. The average molecular weight is 223 g/mol. The van der Waals surface area contributed by atoms with Crippen molar-refractivity contribution in [2.75, 3.05) is 0 Å². The molecule has 0 heterocycles. The Labute approximate surface area is 75.1 Å². The van der Waals surface area contributed by atoms with E-state index in [1.807, 2.05) is 0 Å². The molecule has 0 fully saturated rings. The van der Waals surface area contributed by atoms with E-state index >= 15 is 0 Å². The summed E-state index contributed by atoms with van der Waals surface area (Å²) in [5.74, 6) is -3.55. The van der Waals surface area contributed by atoms with Crippen molar-refractivity contribution in [1.29, 1.82) is 0 Å². The molecule has 1 unspecified atom stereocenters. The van der Waals surface area contributed by atoms with E-state index in [9.17, 15) is 31.1 Å². The minimum atomic E-state index is -5.43. The Balaban J connectivity index is 4.67. The number of halogens is 6. The molecule has 0 saturated carbocycles. The largest absolute Gasteiger partial charge is 0.400 e. The van der Waals surface area contributed by atoms with Crippen molar-refractivity contribution in [3.63, 3.8) is 0 Å². The van der Waals surface area contributed by atoms with Gasteiger partial charge in [-0.25, -0.2) is 0 Å². The maximum absolute atomic E-state index is 11.8. The van der Waals surface area contributed by atoms with E-state index in [0.29, 0.717) is 0 Å². The van der Waals surface area contributed by atoms with Crippen molar-refractivity contribution in [2.24, 2.45) is 11.7 Å². The van der Waals surface area contributed by atoms with Crippen LogP contribution < -0.4 is 5.73 Å². The van der Waals surface area contributed by atoms with E-state index in [4.69, 9.17) is 5.73 Å². The van der Waals surface area contributed by atoms with Gasteiger partial charge in [-0.2, -0.15) is 26.3 Å². The minimum absolute atomic E-state index is 0.148. The van der Waals surface area contributed by atoms with Gasteiger partial charge >= 0.3 is 12.4 Å². The molecule has 0 aliphatic rings. The number of aldehydes is 1. The molecule has 0 radical (unpaired) electrons. The Hall–Kier alpha value is -0.790. The SMILES string of the molecule is NC(C=O)CC(C(F)(F)F)C(F)(F)F. The van der Waals surface area contributed by atoms with Crippen LogP contribution in [0.25, 0.3) is 0 Å². The molecular formula is C6H7F6NO. The van der Waals surface area contributed by atoms with Gasteiger partial charge in [0.1, 0.15) is 6.29 Å². The van der Waals surface area contributed by atoms with Gasteiger partial charge in [-0.15, -0.1) is 0 Å². The van der Waals surface area contributed by atoms with Crippen LogP contribution >= 0.6 is 0 Å². The summed E-state index contributed by atoms with van der Waals surface area (Å²) in [5, 5.41) is 0. The molecule has 1 atom stereocenters. The highest BCUT2D eigenvalue weighted by molar-refractivity contribution is 5.56. The molecule has 84 valence electrons. The predicted octanol–water partition coefficient (Wildman–Crippen LogP) is 1.64. The highest BCUT2D eigenvalue weighted by Crippen LogP contribution is 2.41. The van der Waals surface area contributed by atoms with Crippen LogP contribution in [0.1, 0.15) is 6.42 Å². The lowest BCUT2D eigenvalue weighted by Gasteiger charge is -2.23. The fraction of sp³-hybridized carbons (Fsp3) is 0.833. The lowest BCUT2D eigenvalue weighted by atomic mass is 10.00. The van der Waals surface area contributed by atoms with E-state index in [2.05, 4.69) is 0 Å². The maximum Gasteiger partial charge on any atom is 0.400 e. The molecule has 14 heavy (non-hydrogen) atoms. The summed E-state index contributed by atoms with van der Waals surface area (Å²) >= 11 is 0. The van der Waals surface area contributed by atoms with Gasteiger partial charge < -0.3 is 10.5 Å². The molecule has 0 spiro atoms. The lowest BCUT2D eigenvalue weighted by molar-refractivity contribution is -0.286. The van der Waals surface area contributed by atoms with Gasteiger partial charge in [-0.05, 0) is 6.42 Å². The number of nitrogens with two attached hydrogens (primary N) is 1. The molecule has 0 amide bonds. The third-order valence-corrected chi connectivity index (χ3v) is 1.47. The number of alkyl halides is 6. The second kappa shape index (κ2) is 4.16. The fourth-order valence-corrected chi connectivity index (χ4v) is 0.781. The highest BCUT2D eigenvalue weighted by Gasteiger charge is 2.56. The van der Waals surface area contributed by atoms with Crippen LogP contribution in [0.5, 0.6) is 0 Å². The summed E-state index contributed by atoms with van der Waals surface area (Å²) in [6.07, 6.45) is -12.5. The van der Waals surface area contributed by atoms with Crippen molar-refractivity contribution >= 4 is 6.29 Å². The van der Waals surface area contributed by atoms with Crippen molar-refractivity contribution in [1.82, 2.24) is 0 Å². The molecule has 2 N–H and O–H groups in total. The molecule has 8 heteroatoms. The van der Waals surface area contributed by atoms with Gasteiger partial charge in [-0.1, -0.05) is 0 Å². The van der Waals surface area contributed by atoms with Gasteiger partial charge in [0.2, 0.25) is 0 Å². The summed E-state index contributed by atoms with van der Waals surface area (Å²) in [6.45, 7) is 0. The van der Waals surface area contributed by atoms with E-state index in [0.717, 1.165) is 0 Å². The normalized spacial score (nSPS) is 15.7. The second-order valence-corrected chi connectivity index (χ2v) is 2.67. The molecule has 0 saturated heterocycles. The summed E-state index contributed by atoms with van der Waals surface area (Å²) in [5.41, 5.74) is 4.70. The Morgan fingerprint density at radius 3 is 1.64 bits per heavy atom. The summed E-state index contributed by atoms with van der Waals surface area (Å²) in [6, 6.07) is -1.76. The molecule has 0 rings (SSSR count). The quantitative estimate of drug-likeness (QED) is 0.583. The Bertz CT molecular complexity index is 183. The van der Waals surface area contributed by atoms with E-state index in [1.165, 1.54) is 0 Å². The molecule has 0 aliphatic heterocycles. The smallest absolute Gasteiger partial charge is 0.322 e. The van der Waals surface area contributed by atoms with Crippen LogP contribution in [0, 0.1) is 5.92 Å². The van der Waals surface area contributed by atoms with Crippen molar-refractivity contribution in [3.05, 3.63) is 0 Å². The number of hydrogen-bond acceptors (Lipinski definition) is 2. The molecular weight excluding hydrogens is 216 g/mol.